The summed E-state index contributed by atoms with van der Waals surface area (Å²) in [6, 6.07) is 5.99. The van der Waals surface area contributed by atoms with Crippen molar-refractivity contribution in [1.29, 1.82) is 0 Å². The van der Waals surface area contributed by atoms with Crippen LogP contribution in [0.1, 0.15) is 37.8 Å². The van der Waals surface area contributed by atoms with Crippen molar-refractivity contribution < 1.29 is 4.74 Å². The van der Waals surface area contributed by atoms with Crippen LogP contribution in [-0.2, 0) is 4.74 Å². The maximum atomic E-state index is 6.24. The Morgan fingerprint density at radius 2 is 2.23 bits per heavy atom. The van der Waals surface area contributed by atoms with Gasteiger partial charge in [0.1, 0.15) is 0 Å². The lowest BCUT2D eigenvalue weighted by atomic mass is 10.0. The van der Waals surface area contributed by atoms with Gasteiger partial charge >= 0.3 is 0 Å². The molecule has 2 saturated heterocycles. The van der Waals surface area contributed by atoms with Crippen molar-refractivity contribution in [1.82, 2.24) is 10.2 Å². The van der Waals surface area contributed by atoms with Gasteiger partial charge in [-0.3, -0.25) is 9.89 Å². The smallest absolute Gasteiger partial charge is 0.189 e. The van der Waals surface area contributed by atoms with Crippen molar-refractivity contribution in [3.8, 4) is 0 Å². The van der Waals surface area contributed by atoms with Gasteiger partial charge in [0.2, 0.25) is 0 Å². The van der Waals surface area contributed by atoms with E-state index in [2.05, 4.69) is 15.2 Å². The minimum atomic E-state index is -0.0488. The van der Waals surface area contributed by atoms with Gasteiger partial charge in [-0.2, -0.15) is 0 Å². The van der Waals surface area contributed by atoms with Crippen LogP contribution in [0, 0.1) is 0 Å². The second kappa shape index (κ2) is 10.3. The summed E-state index contributed by atoms with van der Waals surface area (Å²) in [5.74, 6) is 0.405. The van der Waals surface area contributed by atoms with Crippen LogP contribution < -0.4 is 11.1 Å². The first-order chi connectivity index (χ1) is 12.0. The fraction of sp³-hybridized carbons (Fsp3) is 0.611. The molecule has 26 heavy (non-hydrogen) atoms. The Morgan fingerprint density at radius 1 is 1.42 bits per heavy atom. The number of nitrogens with one attached hydrogen (secondary N) is 1. The number of nitrogens with zero attached hydrogens (tertiary/aromatic N) is 2. The molecule has 0 saturated carbocycles. The Morgan fingerprint density at radius 3 is 3.00 bits per heavy atom. The summed E-state index contributed by atoms with van der Waals surface area (Å²) < 4.78 is 5.95. The molecular weight excluding hydrogens is 486 g/mol. The highest BCUT2D eigenvalue weighted by Gasteiger charge is 2.30. The molecule has 2 aliphatic rings. The quantitative estimate of drug-likeness (QED) is 0.365. The zero-order chi connectivity index (χ0) is 17.8. The number of hydrogen-bond donors (Lipinski definition) is 2. The lowest BCUT2D eigenvalue weighted by Crippen LogP contribution is -2.52. The van der Waals surface area contributed by atoms with Crippen LogP contribution in [0.4, 0.5) is 0 Å². The molecule has 3 rings (SSSR count). The molecule has 3 atom stereocenters. The van der Waals surface area contributed by atoms with E-state index in [1.807, 2.05) is 19.1 Å². The van der Waals surface area contributed by atoms with E-state index in [4.69, 9.17) is 33.7 Å². The minimum absolute atomic E-state index is 0. The van der Waals surface area contributed by atoms with Gasteiger partial charge in [-0.05, 0) is 44.0 Å². The molecule has 146 valence electrons. The summed E-state index contributed by atoms with van der Waals surface area (Å²) in [7, 11) is 0. The maximum Gasteiger partial charge on any atom is 0.189 e. The molecule has 0 spiro atoms. The standard InChI is InChI=1S/C18H26Cl2N4O.HI/c1-12(16-6-5-13(19)8-17(16)20)23-18(21)22-9-15-10-24-7-3-2-4-14(24)11-25-15;/h5-6,8,12,14-15H,2-4,7,9-11H2,1H3,(H3,21,22,23);1H. The number of hydrogen-bond acceptors (Lipinski definition) is 3. The van der Waals surface area contributed by atoms with Crippen LogP contribution in [0.3, 0.4) is 0 Å². The van der Waals surface area contributed by atoms with Gasteiger partial charge in [0, 0.05) is 22.6 Å². The van der Waals surface area contributed by atoms with Crippen LogP contribution in [0.5, 0.6) is 0 Å². The highest BCUT2D eigenvalue weighted by molar-refractivity contribution is 14.0. The highest BCUT2D eigenvalue weighted by Crippen LogP contribution is 2.26. The van der Waals surface area contributed by atoms with Crippen molar-refractivity contribution in [2.45, 2.75) is 44.4 Å². The summed E-state index contributed by atoms with van der Waals surface area (Å²) in [5, 5.41) is 4.42. The average Bonchev–Trinajstić information content (AvgIpc) is 2.59. The van der Waals surface area contributed by atoms with E-state index >= 15 is 0 Å². The summed E-state index contributed by atoms with van der Waals surface area (Å²) in [6.45, 7) is 5.49. The summed E-state index contributed by atoms with van der Waals surface area (Å²) in [4.78, 5) is 7.00. The van der Waals surface area contributed by atoms with E-state index in [0.29, 0.717) is 28.6 Å². The number of aliphatic imine (C=N–C) groups is 1. The predicted octanol–water partition coefficient (Wildman–Crippen LogP) is 3.83. The Kier molecular flexibility index (Phi) is 8.73. The number of halogens is 3. The second-order valence-corrected chi connectivity index (χ2v) is 7.70. The van der Waals surface area contributed by atoms with E-state index in [-0.39, 0.29) is 36.1 Å². The Hall–Kier alpha value is -0.280. The van der Waals surface area contributed by atoms with Gasteiger partial charge in [-0.25, -0.2) is 0 Å². The molecular formula is C18H27Cl2IN4O. The monoisotopic (exact) mass is 512 g/mol. The molecule has 0 bridgehead atoms. The molecule has 2 fully saturated rings. The molecule has 1 aromatic carbocycles. The number of benzene rings is 1. The van der Waals surface area contributed by atoms with Crippen LogP contribution in [0.2, 0.25) is 10.0 Å². The first kappa shape index (κ1) is 22.0. The third kappa shape index (κ3) is 5.86. The lowest BCUT2D eigenvalue weighted by molar-refractivity contribution is -0.0702. The van der Waals surface area contributed by atoms with E-state index in [0.717, 1.165) is 18.7 Å². The fourth-order valence-electron chi connectivity index (χ4n) is 3.56. The summed E-state index contributed by atoms with van der Waals surface area (Å²) in [5.41, 5.74) is 6.98. The third-order valence-corrected chi connectivity index (χ3v) is 5.53. The molecule has 1 aromatic rings. The van der Waals surface area contributed by atoms with Gasteiger partial charge in [0.15, 0.2) is 5.96 Å². The van der Waals surface area contributed by atoms with Crippen LogP contribution in [-0.4, -0.2) is 49.2 Å². The van der Waals surface area contributed by atoms with Crippen molar-refractivity contribution in [2.24, 2.45) is 10.7 Å². The number of ether oxygens (including phenoxy) is 1. The van der Waals surface area contributed by atoms with Crippen molar-refractivity contribution in [3.63, 3.8) is 0 Å². The number of guanidine groups is 1. The highest BCUT2D eigenvalue weighted by atomic mass is 127. The maximum absolute atomic E-state index is 6.24. The Bertz CT molecular complexity index is 631. The third-order valence-electron chi connectivity index (χ3n) is 4.97. The van der Waals surface area contributed by atoms with Gasteiger partial charge < -0.3 is 15.8 Å². The Balaban J connectivity index is 0.00000243. The molecule has 0 aromatic heterocycles. The fourth-order valence-corrected chi connectivity index (χ4v) is 4.13. The van der Waals surface area contributed by atoms with Crippen molar-refractivity contribution >= 4 is 53.1 Å². The molecule has 3 N–H and O–H groups in total. The molecule has 5 nitrogen and oxygen atoms in total. The van der Waals surface area contributed by atoms with Gasteiger partial charge in [0.25, 0.3) is 0 Å². The molecule has 0 aliphatic carbocycles. The van der Waals surface area contributed by atoms with E-state index in [9.17, 15) is 0 Å². The first-order valence-electron chi connectivity index (χ1n) is 8.90. The van der Waals surface area contributed by atoms with E-state index in [1.165, 1.54) is 25.8 Å². The minimum Gasteiger partial charge on any atom is -0.373 e. The normalized spacial score (nSPS) is 25.1. The van der Waals surface area contributed by atoms with E-state index < -0.39 is 0 Å². The molecule has 8 heteroatoms. The molecule has 0 amide bonds. The number of fused-ring (bicyclic) bond motifs is 1. The Labute approximate surface area is 182 Å². The van der Waals surface area contributed by atoms with E-state index in [1.54, 1.807) is 6.07 Å². The first-order valence-corrected chi connectivity index (χ1v) is 9.65. The SMILES string of the molecule is CC(NC(N)=NCC1CN2CCCCC2CO1)c1ccc(Cl)cc1Cl.I. The largest absolute Gasteiger partial charge is 0.373 e. The van der Waals surface area contributed by atoms with Crippen LogP contribution >= 0.6 is 47.2 Å². The molecule has 0 radical (unpaired) electrons. The van der Waals surface area contributed by atoms with Crippen molar-refractivity contribution in [2.75, 3.05) is 26.2 Å². The topological polar surface area (TPSA) is 62.9 Å². The van der Waals surface area contributed by atoms with Gasteiger partial charge in [-0.1, -0.05) is 35.7 Å². The molecule has 2 heterocycles. The van der Waals surface area contributed by atoms with Crippen LogP contribution in [0.25, 0.3) is 0 Å². The summed E-state index contributed by atoms with van der Waals surface area (Å²) >= 11 is 12.2. The van der Waals surface area contributed by atoms with Crippen molar-refractivity contribution in [3.05, 3.63) is 33.8 Å². The predicted molar refractivity (Wildman–Crippen MR) is 119 cm³/mol. The number of piperidine rings is 1. The van der Waals surface area contributed by atoms with Gasteiger partial charge in [0.05, 0.1) is 25.3 Å². The summed E-state index contributed by atoms with van der Waals surface area (Å²) in [6.07, 6.45) is 3.97. The zero-order valence-corrected chi connectivity index (χ0v) is 18.8. The van der Waals surface area contributed by atoms with Crippen LogP contribution in [0.15, 0.2) is 23.2 Å². The zero-order valence-electron chi connectivity index (χ0n) is 15.0. The number of morpholine rings is 1. The lowest BCUT2D eigenvalue weighted by Gasteiger charge is -2.42. The molecule has 3 unspecified atom stereocenters. The number of rotatable bonds is 4. The number of nitrogens with two attached hydrogens (primary N) is 1. The van der Waals surface area contributed by atoms with Gasteiger partial charge in [-0.15, -0.1) is 24.0 Å². The second-order valence-electron chi connectivity index (χ2n) is 6.86. The average molecular weight is 513 g/mol. The molecule has 2 aliphatic heterocycles.